The van der Waals surface area contributed by atoms with Crippen LogP contribution >= 0.6 is 0 Å². The zero-order chi connectivity index (χ0) is 21.2. The highest BCUT2D eigenvalue weighted by Crippen LogP contribution is 2.36. The molecule has 1 aliphatic rings. The third-order valence-electron chi connectivity index (χ3n) is 4.98. The number of nitrogens with two attached hydrogens (primary N) is 1. The second-order valence-corrected chi connectivity index (χ2v) is 8.18. The van der Waals surface area contributed by atoms with E-state index in [1.807, 2.05) is 4.90 Å². The second-order valence-electron chi connectivity index (χ2n) is 6.68. The van der Waals surface area contributed by atoms with E-state index in [0.29, 0.717) is 47.3 Å². The summed E-state index contributed by atoms with van der Waals surface area (Å²) in [6.07, 6.45) is -0.451. The molecular formula is C17H23F2N5O4S. The fraction of sp³-hybridized carbons (Fsp3) is 0.529. The molecule has 2 N–H and O–H groups in total. The Hall–Kier alpha value is -2.31. The minimum Gasteiger partial charge on any atom is -0.493 e. The normalized spacial score (nSPS) is 16.0. The van der Waals surface area contributed by atoms with Crippen molar-refractivity contribution in [3.05, 3.63) is 18.3 Å². The number of halogens is 2. The van der Waals surface area contributed by atoms with Gasteiger partial charge in [-0.1, -0.05) is 0 Å². The van der Waals surface area contributed by atoms with Crippen molar-refractivity contribution in [2.75, 3.05) is 38.8 Å². The number of nitrogens with zero attached hydrogens (tertiary/aromatic N) is 4. The predicted octanol–water partition coefficient (Wildman–Crippen LogP) is 1.39. The third-order valence-corrected chi connectivity index (χ3v) is 6.08. The molecule has 1 aromatic carbocycles. The molecule has 0 aliphatic carbocycles. The summed E-state index contributed by atoms with van der Waals surface area (Å²) in [5, 5.41) is 14.1. The van der Waals surface area contributed by atoms with Gasteiger partial charge in [0, 0.05) is 30.6 Å². The maximum absolute atomic E-state index is 12.8. The Balaban J connectivity index is 1.84. The first kappa shape index (κ1) is 21.4. The van der Waals surface area contributed by atoms with Crippen molar-refractivity contribution >= 4 is 26.8 Å². The molecule has 12 heteroatoms. The van der Waals surface area contributed by atoms with Gasteiger partial charge in [0.1, 0.15) is 0 Å². The molecular weight excluding hydrogens is 408 g/mol. The van der Waals surface area contributed by atoms with E-state index in [9.17, 15) is 17.2 Å². The van der Waals surface area contributed by atoms with Gasteiger partial charge in [-0.15, -0.1) is 0 Å². The Morgan fingerprint density at radius 1 is 1.24 bits per heavy atom. The van der Waals surface area contributed by atoms with Crippen molar-refractivity contribution in [3.63, 3.8) is 0 Å². The van der Waals surface area contributed by atoms with Crippen molar-refractivity contribution in [3.8, 4) is 11.5 Å². The van der Waals surface area contributed by atoms with E-state index >= 15 is 0 Å². The van der Waals surface area contributed by atoms with E-state index in [4.69, 9.17) is 14.6 Å². The lowest BCUT2D eigenvalue weighted by atomic mass is 10.0. The number of ether oxygens (including phenoxy) is 2. The minimum atomic E-state index is -4.21. The summed E-state index contributed by atoms with van der Waals surface area (Å²) in [6.45, 7) is 0.00433. The molecule has 1 aromatic heterocycles. The molecule has 0 radical (unpaired) electrons. The van der Waals surface area contributed by atoms with Gasteiger partial charge >= 0.3 is 0 Å². The van der Waals surface area contributed by atoms with Gasteiger partial charge in [0.2, 0.25) is 0 Å². The summed E-state index contributed by atoms with van der Waals surface area (Å²) in [6, 6.07) is 2.95. The molecule has 3 rings (SSSR count). The van der Waals surface area contributed by atoms with Gasteiger partial charge in [0.15, 0.2) is 11.5 Å². The fourth-order valence-corrected chi connectivity index (χ4v) is 4.56. The van der Waals surface area contributed by atoms with Gasteiger partial charge in [-0.3, -0.25) is 0 Å². The van der Waals surface area contributed by atoms with Crippen molar-refractivity contribution in [1.29, 1.82) is 0 Å². The molecule has 160 valence electrons. The highest BCUT2D eigenvalue weighted by Gasteiger charge is 2.33. The van der Waals surface area contributed by atoms with E-state index in [-0.39, 0.29) is 0 Å². The summed E-state index contributed by atoms with van der Waals surface area (Å²) in [4.78, 5) is 2.02. The molecule has 0 spiro atoms. The predicted molar refractivity (Wildman–Crippen MR) is 104 cm³/mol. The highest BCUT2D eigenvalue weighted by atomic mass is 32.2. The van der Waals surface area contributed by atoms with Gasteiger partial charge in [-0.25, -0.2) is 13.9 Å². The summed E-state index contributed by atoms with van der Waals surface area (Å²) >= 11 is 0. The minimum absolute atomic E-state index is 0.361. The van der Waals surface area contributed by atoms with Crippen molar-refractivity contribution in [2.45, 2.75) is 25.3 Å². The summed E-state index contributed by atoms with van der Waals surface area (Å²) in [5.74, 6) is 1.07. The Labute approximate surface area is 167 Å². The van der Waals surface area contributed by atoms with E-state index < -0.39 is 29.2 Å². The number of alkyl halides is 2. The standard InChI is InChI=1S/C17H23F2N5O4S/c1-27-15-7-12-13(8-16(15)28-2)22-21-9-14(12)23-5-3-11(4-6-23)24(10-17(18)19)29(20,25)26/h7-9,11,17H,3-6,10H2,1-2H3,(H2,20,25,26). The average molecular weight is 431 g/mol. The second kappa shape index (κ2) is 8.59. The number of hydrogen-bond donors (Lipinski definition) is 1. The molecule has 29 heavy (non-hydrogen) atoms. The van der Waals surface area contributed by atoms with E-state index in [1.54, 1.807) is 18.3 Å². The van der Waals surface area contributed by atoms with Crippen molar-refractivity contribution in [2.24, 2.45) is 5.14 Å². The quantitative estimate of drug-likeness (QED) is 0.705. The van der Waals surface area contributed by atoms with Crippen LogP contribution in [0.1, 0.15) is 12.8 Å². The average Bonchev–Trinajstić information content (AvgIpc) is 2.69. The van der Waals surface area contributed by atoms with E-state index in [1.165, 1.54) is 14.2 Å². The first-order chi connectivity index (χ1) is 13.7. The van der Waals surface area contributed by atoms with E-state index in [0.717, 1.165) is 11.1 Å². The van der Waals surface area contributed by atoms with Crippen LogP contribution in [0, 0.1) is 0 Å². The number of anilines is 1. The molecule has 9 nitrogen and oxygen atoms in total. The van der Waals surface area contributed by atoms with Crippen LogP contribution in [0.15, 0.2) is 18.3 Å². The molecule has 1 aliphatic heterocycles. The van der Waals surface area contributed by atoms with Gasteiger partial charge in [0.05, 0.1) is 38.2 Å². The van der Waals surface area contributed by atoms with Crippen LogP contribution in [0.2, 0.25) is 0 Å². The maximum Gasteiger partial charge on any atom is 0.277 e. The lowest BCUT2D eigenvalue weighted by Gasteiger charge is -2.38. The Kier molecular flexibility index (Phi) is 6.34. The number of piperidine rings is 1. The largest absolute Gasteiger partial charge is 0.493 e. The monoisotopic (exact) mass is 431 g/mol. The highest BCUT2D eigenvalue weighted by molar-refractivity contribution is 7.86. The maximum atomic E-state index is 12.8. The third kappa shape index (κ3) is 4.65. The smallest absolute Gasteiger partial charge is 0.277 e. The van der Waals surface area contributed by atoms with Crippen molar-refractivity contribution in [1.82, 2.24) is 14.5 Å². The summed E-state index contributed by atoms with van der Waals surface area (Å²) < 4.78 is 60.4. The number of rotatable bonds is 7. The number of aromatic nitrogens is 2. The van der Waals surface area contributed by atoms with Gasteiger partial charge < -0.3 is 14.4 Å². The Morgan fingerprint density at radius 3 is 2.41 bits per heavy atom. The van der Waals surface area contributed by atoms with Crippen LogP contribution in [0.5, 0.6) is 11.5 Å². The van der Waals surface area contributed by atoms with Crippen LogP contribution in [0.4, 0.5) is 14.5 Å². The fourth-order valence-electron chi connectivity index (χ4n) is 3.61. The molecule has 0 unspecified atom stereocenters. The zero-order valence-electron chi connectivity index (χ0n) is 16.1. The van der Waals surface area contributed by atoms with Gasteiger partial charge in [-0.2, -0.15) is 22.9 Å². The van der Waals surface area contributed by atoms with E-state index in [2.05, 4.69) is 10.2 Å². The zero-order valence-corrected chi connectivity index (χ0v) is 16.9. The van der Waals surface area contributed by atoms with Crippen LogP contribution < -0.4 is 19.5 Å². The number of hydrogen-bond acceptors (Lipinski definition) is 7. The molecule has 1 saturated heterocycles. The van der Waals surface area contributed by atoms with Crippen molar-refractivity contribution < 1.29 is 26.7 Å². The lowest BCUT2D eigenvalue weighted by Crippen LogP contribution is -2.51. The summed E-state index contributed by atoms with van der Waals surface area (Å²) in [5.41, 5.74) is 1.41. The van der Waals surface area contributed by atoms with Crippen LogP contribution in [-0.4, -0.2) is 69.2 Å². The first-order valence-electron chi connectivity index (χ1n) is 8.94. The van der Waals surface area contributed by atoms with Crippen LogP contribution in [-0.2, 0) is 10.2 Å². The number of methoxy groups -OCH3 is 2. The molecule has 2 heterocycles. The first-order valence-corrected chi connectivity index (χ1v) is 10.4. The van der Waals surface area contributed by atoms with Gasteiger partial charge in [-0.05, 0) is 18.9 Å². The molecule has 1 fully saturated rings. The molecule has 0 atom stereocenters. The molecule has 0 amide bonds. The van der Waals surface area contributed by atoms with Crippen LogP contribution in [0.3, 0.4) is 0 Å². The summed E-state index contributed by atoms with van der Waals surface area (Å²) in [7, 11) is -1.14. The Morgan fingerprint density at radius 2 is 1.86 bits per heavy atom. The SMILES string of the molecule is COc1cc2nncc(N3CCC(N(CC(F)F)S(N)(=O)=O)CC3)c2cc1OC. The molecule has 0 saturated carbocycles. The Bertz CT molecular complexity index is 968. The number of benzene rings is 1. The topological polar surface area (TPSA) is 111 Å². The van der Waals surface area contributed by atoms with Crippen LogP contribution in [0.25, 0.3) is 10.9 Å². The molecule has 0 bridgehead atoms. The number of fused-ring (bicyclic) bond motifs is 1. The van der Waals surface area contributed by atoms with Gasteiger partial charge in [0.25, 0.3) is 16.6 Å². The lowest BCUT2D eigenvalue weighted by molar-refractivity contribution is 0.101. The molecule has 2 aromatic rings.